The molecule has 1 amide bonds. The van der Waals surface area contributed by atoms with Crippen molar-refractivity contribution in [2.24, 2.45) is 4.99 Å². The number of hydrogen-bond donors (Lipinski definition) is 1. The molecule has 0 atom stereocenters. The van der Waals surface area contributed by atoms with Crippen LogP contribution in [0.4, 0.5) is 5.69 Å². The van der Waals surface area contributed by atoms with E-state index in [1.807, 2.05) is 26.0 Å². The number of ether oxygens (including phenoxy) is 1. The third-order valence-electron chi connectivity index (χ3n) is 3.85. The Morgan fingerprint density at radius 2 is 1.88 bits per heavy atom. The molecular weight excluding hydrogens is 348 g/mol. The van der Waals surface area contributed by atoms with E-state index in [0.29, 0.717) is 15.6 Å². The third kappa shape index (κ3) is 4.03. The molecule has 2 aromatic rings. The molecule has 0 aromatic heterocycles. The Hall–Kier alpha value is -2.86. The van der Waals surface area contributed by atoms with Crippen molar-refractivity contribution >= 4 is 40.6 Å². The Morgan fingerprint density at radius 1 is 1.15 bits per heavy atom. The molecule has 1 aliphatic heterocycles. The molecule has 1 N–H and O–H groups in total. The van der Waals surface area contributed by atoms with Crippen molar-refractivity contribution in [1.29, 1.82) is 0 Å². The molecule has 5 nitrogen and oxygen atoms in total. The number of nitrogens with one attached hydrogen (secondary N) is 1. The van der Waals surface area contributed by atoms with Crippen LogP contribution in [0, 0.1) is 13.8 Å². The van der Waals surface area contributed by atoms with Crippen LogP contribution in [0.3, 0.4) is 0 Å². The molecular formula is C20H18N2O3S. The number of rotatable bonds is 3. The van der Waals surface area contributed by atoms with Crippen molar-refractivity contribution < 1.29 is 14.3 Å². The quantitative estimate of drug-likeness (QED) is 0.659. The number of esters is 1. The highest BCUT2D eigenvalue weighted by atomic mass is 32.2. The SMILES string of the molecule is COC(=O)c1ccc(C=C2SC(=Nc3ccc(C)cc3C)NC2=O)cc1. The summed E-state index contributed by atoms with van der Waals surface area (Å²) in [6.07, 6.45) is 1.77. The molecule has 6 heteroatoms. The minimum absolute atomic E-state index is 0.185. The van der Waals surface area contributed by atoms with Gasteiger partial charge in [0.15, 0.2) is 5.17 Å². The minimum Gasteiger partial charge on any atom is -0.465 e. The largest absolute Gasteiger partial charge is 0.465 e. The van der Waals surface area contributed by atoms with E-state index in [-0.39, 0.29) is 11.9 Å². The second-order valence-electron chi connectivity index (χ2n) is 5.89. The number of amidine groups is 1. The Morgan fingerprint density at radius 3 is 2.54 bits per heavy atom. The first kappa shape index (κ1) is 17.9. The summed E-state index contributed by atoms with van der Waals surface area (Å²) >= 11 is 1.30. The maximum Gasteiger partial charge on any atom is 0.337 e. The lowest BCUT2D eigenvalue weighted by molar-refractivity contribution is -0.115. The van der Waals surface area contributed by atoms with E-state index in [0.717, 1.165) is 16.8 Å². The smallest absolute Gasteiger partial charge is 0.337 e. The van der Waals surface area contributed by atoms with E-state index < -0.39 is 0 Å². The van der Waals surface area contributed by atoms with Gasteiger partial charge in [0, 0.05) is 0 Å². The number of thioether (sulfide) groups is 1. The predicted molar refractivity (Wildman–Crippen MR) is 105 cm³/mol. The van der Waals surface area contributed by atoms with Crippen molar-refractivity contribution in [3.63, 3.8) is 0 Å². The Bertz CT molecular complexity index is 931. The Kier molecular flexibility index (Phi) is 5.23. The van der Waals surface area contributed by atoms with Crippen molar-refractivity contribution in [2.75, 3.05) is 7.11 Å². The fourth-order valence-corrected chi connectivity index (χ4v) is 3.34. The van der Waals surface area contributed by atoms with E-state index >= 15 is 0 Å². The zero-order chi connectivity index (χ0) is 18.7. The molecule has 0 saturated carbocycles. The summed E-state index contributed by atoms with van der Waals surface area (Å²) < 4.78 is 4.68. The summed E-state index contributed by atoms with van der Waals surface area (Å²) in [7, 11) is 1.34. The van der Waals surface area contributed by atoms with Gasteiger partial charge < -0.3 is 10.1 Å². The maximum absolute atomic E-state index is 12.2. The molecule has 3 rings (SSSR count). The topological polar surface area (TPSA) is 67.8 Å². The summed E-state index contributed by atoms with van der Waals surface area (Å²) in [5.74, 6) is -0.573. The summed E-state index contributed by atoms with van der Waals surface area (Å²) in [5.41, 5.74) is 4.36. The van der Waals surface area contributed by atoms with E-state index in [2.05, 4.69) is 21.1 Å². The van der Waals surface area contributed by atoms with Crippen LogP contribution in [-0.2, 0) is 9.53 Å². The van der Waals surface area contributed by atoms with Gasteiger partial charge in [0.1, 0.15) is 0 Å². The second-order valence-corrected chi connectivity index (χ2v) is 6.92. The highest BCUT2D eigenvalue weighted by Gasteiger charge is 2.24. The van der Waals surface area contributed by atoms with Crippen LogP contribution in [0.1, 0.15) is 27.0 Å². The van der Waals surface area contributed by atoms with Crippen LogP contribution in [-0.4, -0.2) is 24.2 Å². The molecule has 0 bridgehead atoms. The summed E-state index contributed by atoms with van der Waals surface area (Å²) in [6, 6.07) is 12.9. The molecule has 1 fully saturated rings. The van der Waals surface area contributed by atoms with E-state index in [4.69, 9.17) is 0 Å². The third-order valence-corrected chi connectivity index (χ3v) is 4.76. The van der Waals surface area contributed by atoms with Crippen molar-refractivity contribution in [3.8, 4) is 0 Å². The van der Waals surface area contributed by atoms with Crippen LogP contribution in [0.2, 0.25) is 0 Å². The highest BCUT2D eigenvalue weighted by Crippen LogP contribution is 2.29. The van der Waals surface area contributed by atoms with Crippen LogP contribution >= 0.6 is 11.8 Å². The minimum atomic E-state index is -0.389. The average molecular weight is 366 g/mol. The van der Waals surface area contributed by atoms with E-state index in [1.54, 1.807) is 30.3 Å². The van der Waals surface area contributed by atoms with Gasteiger partial charge in [-0.05, 0) is 61.0 Å². The van der Waals surface area contributed by atoms with Crippen LogP contribution < -0.4 is 5.32 Å². The Labute approximate surface area is 156 Å². The van der Waals surface area contributed by atoms with Gasteiger partial charge in [0.05, 0.1) is 23.3 Å². The van der Waals surface area contributed by atoms with Gasteiger partial charge in [-0.15, -0.1) is 0 Å². The molecule has 0 unspecified atom stereocenters. The van der Waals surface area contributed by atoms with E-state index in [9.17, 15) is 9.59 Å². The van der Waals surface area contributed by atoms with E-state index in [1.165, 1.54) is 24.4 Å². The number of carbonyl (C=O) groups excluding carboxylic acids is 2. The summed E-state index contributed by atoms with van der Waals surface area (Å²) in [4.78, 5) is 28.7. The predicted octanol–water partition coefficient (Wildman–Crippen LogP) is 3.98. The molecule has 132 valence electrons. The first-order chi connectivity index (χ1) is 12.5. The molecule has 1 heterocycles. The lowest BCUT2D eigenvalue weighted by Gasteiger charge is -2.02. The zero-order valence-corrected chi connectivity index (χ0v) is 15.5. The number of aryl methyl sites for hydroxylation is 2. The normalized spacial score (nSPS) is 16.8. The van der Waals surface area contributed by atoms with Crippen LogP contribution in [0.5, 0.6) is 0 Å². The van der Waals surface area contributed by atoms with Gasteiger partial charge in [0.2, 0.25) is 0 Å². The number of nitrogens with zero attached hydrogens (tertiary/aromatic N) is 1. The molecule has 0 spiro atoms. The van der Waals surface area contributed by atoms with Gasteiger partial charge in [-0.2, -0.15) is 0 Å². The van der Waals surface area contributed by atoms with Gasteiger partial charge in [-0.25, -0.2) is 9.79 Å². The van der Waals surface area contributed by atoms with Gasteiger partial charge in [-0.1, -0.05) is 29.8 Å². The fourth-order valence-electron chi connectivity index (χ4n) is 2.51. The van der Waals surface area contributed by atoms with Gasteiger partial charge in [0.25, 0.3) is 5.91 Å². The van der Waals surface area contributed by atoms with Crippen molar-refractivity contribution in [3.05, 3.63) is 69.6 Å². The number of methoxy groups -OCH3 is 1. The number of aliphatic imine (C=N–C) groups is 1. The maximum atomic E-state index is 12.2. The zero-order valence-electron chi connectivity index (χ0n) is 14.7. The number of benzene rings is 2. The lowest BCUT2D eigenvalue weighted by Crippen LogP contribution is -2.19. The standard InChI is InChI=1S/C20H18N2O3S/c1-12-4-9-16(13(2)10-12)21-20-22-18(23)17(26-20)11-14-5-7-15(8-6-14)19(24)25-3/h4-11H,1-3H3,(H,21,22,23). The van der Waals surface area contributed by atoms with Crippen LogP contribution in [0.25, 0.3) is 6.08 Å². The molecule has 2 aromatic carbocycles. The molecule has 1 saturated heterocycles. The first-order valence-corrected chi connectivity index (χ1v) is 8.83. The summed E-state index contributed by atoms with van der Waals surface area (Å²) in [6.45, 7) is 4.02. The van der Waals surface area contributed by atoms with Crippen molar-refractivity contribution in [2.45, 2.75) is 13.8 Å². The van der Waals surface area contributed by atoms with Crippen molar-refractivity contribution in [1.82, 2.24) is 5.32 Å². The first-order valence-electron chi connectivity index (χ1n) is 8.01. The number of carbonyl (C=O) groups is 2. The fraction of sp³-hybridized carbons (Fsp3) is 0.150. The second kappa shape index (κ2) is 7.58. The Balaban J connectivity index is 1.80. The number of amides is 1. The molecule has 0 aliphatic carbocycles. The highest BCUT2D eigenvalue weighted by molar-refractivity contribution is 8.18. The summed E-state index contributed by atoms with van der Waals surface area (Å²) in [5, 5.41) is 3.34. The van der Waals surface area contributed by atoms with Crippen LogP contribution in [0.15, 0.2) is 52.4 Å². The molecule has 26 heavy (non-hydrogen) atoms. The lowest BCUT2D eigenvalue weighted by atomic mass is 10.1. The average Bonchev–Trinajstić information content (AvgIpc) is 2.96. The van der Waals surface area contributed by atoms with Gasteiger partial charge >= 0.3 is 5.97 Å². The molecule has 0 radical (unpaired) electrons. The molecule has 1 aliphatic rings. The van der Waals surface area contributed by atoms with Gasteiger partial charge in [-0.3, -0.25) is 4.79 Å². The number of hydrogen-bond acceptors (Lipinski definition) is 5. The monoisotopic (exact) mass is 366 g/mol.